The Kier molecular flexibility index (Phi) is 2.76. The molecule has 2 N–H and O–H groups in total. The van der Waals surface area contributed by atoms with Crippen LogP contribution < -0.4 is 5.73 Å². The molecule has 0 saturated heterocycles. The van der Waals surface area contributed by atoms with E-state index in [-0.39, 0.29) is 5.91 Å². The van der Waals surface area contributed by atoms with Gasteiger partial charge in [0, 0.05) is 18.8 Å². The predicted octanol–water partition coefficient (Wildman–Crippen LogP) is -0.327. The van der Waals surface area contributed by atoms with Gasteiger partial charge in [-0.1, -0.05) is 0 Å². The quantitative estimate of drug-likeness (QED) is 0.579. The summed E-state index contributed by atoms with van der Waals surface area (Å²) in [4.78, 5) is 25.0. The molecule has 1 aliphatic heterocycles. The topological polar surface area (TPSA) is 75.9 Å². The van der Waals surface area contributed by atoms with Gasteiger partial charge in [0.1, 0.15) is 0 Å². The summed E-state index contributed by atoms with van der Waals surface area (Å²) in [5, 5.41) is 0. The van der Waals surface area contributed by atoms with Crippen molar-refractivity contribution in [3.63, 3.8) is 0 Å². The van der Waals surface area contributed by atoms with E-state index in [0.717, 1.165) is 0 Å². The van der Waals surface area contributed by atoms with Gasteiger partial charge in [-0.05, 0) is 6.92 Å². The summed E-state index contributed by atoms with van der Waals surface area (Å²) in [6.07, 6.45) is -0.0501. The van der Waals surface area contributed by atoms with Crippen LogP contribution in [0.2, 0.25) is 0 Å². The van der Waals surface area contributed by atoms with E-state index >= 15 is 0 Å². The zero-order chi connectivity index (χ0) is 10.9. The van der Waals surface area contributed by atoms with E-state index in [4.69, 9.17) is 5.73 Å². The summed E-state index contributed by atoms with van der Waals surface area (Å²) in [5.74, 6) is -0.227. The SMILES string of the molecule is COC(=O)N1C(C)=CC(=O)N(C)C1N. The van der Waals surface area contributed by atoms with Gasteiger partial charge >= 0.3 is 6.09 Å². The molecule has 0 bridgehead atoms. The van der Waals surface area contributed by atoms with Crippen LogP contribution in [0.4, 0.5) is 4.79 Å². The number of likely N-dealkylation sites (N-methyl/N-ethyl adjacent to an activating group) is 1. The molecular formula is C8H13N3O3. The largest absolute Gasteiger partial charge is 0.452 e. The predicted molar refractivity (Wildman–Crippen MR) is 48.7 cm³/mol. The fourth-order valence-corrected chi connectivity index (χ4v) is 1.21. The molecule has 6 nitrogen and oxygen atoms in total. The van der Waals surface area contributed by atoms with Crippen LogP contribution in [0.1, 0.15) is 6.92 Å². The van der Waals surface area contributed by atoms with Crippen molar-refractivity contribution in [2.24, 2.45) is 5.73 Å². The number of allylic oxidation sites excluding steroid dienone is 1. The molecule has 1 rings (SSSR count). The molecule has 6 heteroatoms. The van der Waals surface area contributed by atoms with Crippen LogP contribution in [-0.2, 0) is 9.53 Å². The van der Waals surface area contributed by atoms with Crippen molar-refractivity contribution in [3.8, 4) is 0 Å². The van der Waals surface area contributed by atoms with E-state index in [9.17, 15) is 9.59 Å². The first kappa shape index (κ1) is 10.5. The normalized spacial score (nSPS) is 22.1. The Morgan fingerprint density at radius 3 is 2.71 bits per heavy atom. The molecule has 78 valence electrons. The Morgan fingerprint density at radius 2 is 2.21 bits per heavy atom. The zero-order valence-corrected chi connectivity index (χ0v) is 8.35. The van der Waals surface area contributed by atoms with Crippen molar-refractivity contribution in [1.82, 2.24) is 9.80 Å². The summed E-state index contributed by atoms with van der Waals surface area (Å²) in [6, 6.07) is 0. The molecule has 0 saturated carbocycles. The molecule has 0 radical (unpaired) electrons. The lowest BCUT2D eigenvalue weighted by Gasteiger charge is -2.37. The first-order chi connectivity index (χ1) is 6.49. The minimum atomic E-state index is -0.806. The van der Waals surface area contributed by atoms with Gasteiger partial charge < -0.3 is 9.64 Å². The zero-order valence-electron chi connectivity index (χ0n) is 8.35. The smallest absolute Gasteiger partial charge is 0.416 e. The maximum Gasteiger partial charge on any atom is 0.416 e. The highest BCUT2D eigenvalue weighted by atomic mass is 16.5. The molecule has 0 spiro atoms. The van der Waals surface area contributed by atoms with Crippen LogP contribution in [0.5, 0.6) is 0 Å². The number of methoxy groups -OCH3 is 1. The van der Waals surface area contributed by atoms with Crippen LogP contribution in [0.25, 0.3) is 0 Å². The Labute approximate surface area is 81.9 Å². The Morgan fingerprint density at radius 1 is 1.64 bits per heavy atom. The van der Waals surface area contributed by atoms with Crippen molar-refractivity contribution < 1.29 is 14.3 Å². The number of ether oxygens (including phenoxy) is 1. The van der Waals surface area contributed by atoms with Crippen molar-refractivity contribution in [2.45, 2.75) is 13.2 Å². The van der Waals surface area contributed by atoms with Gasteiger partial charge in [0.15, 0.2) is 6.29 Å². The second kappa shape index (κ2) is 3.67. The first-order valence-corrected chi connectivity index (χ1v) is 4.07. The van der Waals surface area contributed by atoms with Crippen molar-refractivity contribution in [2.75, 3.05) is 14.2 Å². The van der Waals surface area contributed by atoms with Gasteiger partial charge in [-0.15, -0.1) is 0 Å². The summed E-state index contributed by atoms with van der Waals surface area (Å²) in [5.41, 5.74) is 6.15. The van der Waals surface area contributed by atoms with E-state index in [0.29, 0.717) is 5.70 Å². The fraction of sp³-hybridized carbons (Fsp3) is 0.500. The third-order valence-corrected chi connectivity index (χ3v) is 2.09. The van der Waals surface area contributed by atoms with Gasteiger partial charge in [0.2, 0.25) is 0 Å². The molecule has 14 heavy (non-hydrogen) atoms. The fourth-order valence-electron chi connectivity index (χ4n) is 1.21. The van der Waals surface area contributed by atoms with E-state index in [1.54, 1.807) is 6.92 Å². The molecule has 2 amide bonds. The Balaban J connectivity index is 3.01. The number of rotatable bonds is 0. The molecule has 1 atom stereocenters. The summed E-state index contributed by atoms with van der Waals surface area (Å²) in [7, 11) is 2.78. The Bertz CT molecular complexity index is 300. The van der Waals surface area contributed by atoms with E-state index in [2.05, 4.69) is 4.74 Å². The van der Waals surface area contributed by atoms with Gasteiger partial charge in [-0.2, -0.15) is 0 Å². The third-order valence-electron chi connectivity index (χ3n) is 2.09. The van der Waals surface area contributed by atoms with Crippen LogP contribution >= 0.6 is 0 Å². The number of nitrogens with zero attached hydrogens (tertiary/aromatic N) is 2. The highest BCUT2D eigenvalue weighted by Crippen LogP contribution is 2.16. The van der Waals surface area contributed by atoms with Crippen LogP contribution in [0.15, 0.2) is 11.8 Å². The van der Waals surface area contributed by atoms with Gasteiger partial charge in [0.05, 0.1) is 7.11 Å². The summed E-state index contributed by atoms with van der Waals surface area (Å²) >= 11 is 0. The second-order valence-electron chi connectivity index (χ2n) is 2.99. The highest BCUT2D eigenvalue weighted by molar-refractivity contribution is 5.90. The highest BCUT2D eigenvalue weighted by Gasteiger charge is 2.32. The second-order valence-corrected chi connectivity index (χ2v) is 2.99. The minimum Gasteiger partial charge on any atom is -0.452 e. The third kappa shape index (κ3) is 1.56. The lowest BCUT2D eigenvalue weighted by atomic mass is 10.3. The molecule has 0 fully saturated rings. The van der Waals surface area contributed by atoms with Crippen molar-refractivity contribution in [1.29, 1.82) is 0 Å². The van der Waals surface area contributed by atoms with Crippen LogP contribution in [0.3, 0.4) is 0 Å². The molecule has 1 unspecified atom stereocenters. The van der Waals surface area contributed by atoms with Gasteiger partial charge in [0.25, 0.3) is 5.91 Å². The van der Waals surface area contributed by atoms with Crippen LogP contribution in [0, 0.1) is 0 Å². The van der Waals surface area contributed by atoms with Crippen molar-refractivity contribution in [3.05, 3.63) is 11.8 Å². The molecule has 0 aromatic rings. The molecule has 1 heterocycles. The van der Waals surface area contributed by atoms with Gasteiger partial charge in [-0.3, -0.25) is 10.5 Å². The number of carbonyl (C=O) groups excluding carboxylic acids is 2. The lowest BCUT2D eigenvalue weighted by molar-refractivity contribution is -0.130. The molecular weight excluding hydrogens is 186 g/mol. The summed E-state index contributed by atoms with van der Waals surface area (Å²) < 4.78 is 4.54. The Hall–Kier alpha value is -1.56. The molecule has 0 aromatic carbocycles. The maximum atomic E-state index is 11.3. The first-order valence-electron chi connectivity index (χ1n) is 4.07. The lowest BCUT2D eigenvalue weighted by Crippen LogP contribution is -2.58. The number of hydrogen-bond acceptors (Lipinski definition) is 4. The standard InChI is InChI=1S/C8H13N3O3/c1-5-4-6(12)10(2)7(9)11(5)8(13)14-3/h4,7H,9H2,1-3H3. The molecule has 1 aliphatic rings. The van der Waals surface area contributed by atoms with Crippen LogP contribution in [-0.4, -0.2) is 42.2 Å². The molecule has 0 aromatic heterocycles. The number of amides is 2. The average Bonchev–Trinajstić information content (AvgIpc) is 2.14. The van der Waals surface area contributed by atoms with Gasteiger partial charge in [-0.25, -0.2) is 9.69 Å². The van der Waals surface area contributed by atoms with E-state index in [1.165, 1.54) is 30.0 Å². The number of carbonyl (C=O) groups is 2. The summed E-state index contributed by atoms with van der Waals surface area (Å²) in [6.45, 7) is 1.63. The number of hydrogen-bond donors (Lipinski definition) is 1. The maximum absolute atomic E-state index is 11.3. The minimum absolute atomic E-state index is 0.227. The monoisotopic (exact) mass is 199 g/mol. The molecule has 0 aliphatic carbocycles. The van der Waals surface area contributed by atoms with E-state index in [1.807, 2.05) is 0 Å². The van der Waals surface area contributed by atoms with E-state index < -0.39 is 12.4 Å². The van der Waals surface area contributed by atoms with Crippen molar-refractivity contribution >= 4 is 12.0 Å². The average molecular weight is 199 g/mol. The number of nitrogens with two attached hydrogens (primary N) is 1.